The van der Waals surface area contributed by atoms with E-state index >= 15 is 0 Å². The highest BCUT2D eigenvalue weighted by Gasteiger charge is 2.16. The minimum absolute atomic E-state index is 0.136. The Hall–Kier alpha value is -4.59. The molecule has 158 valence electrons. The molecule has 0 atom stereocenters. The van der Waals surface area contributed by atoms with Gasteiger partial charge in [-0.1, -0.05) is 60.7 Å². The lowest BCUT2D eigenvalue weighted by atomic mass is 10.0. The molecule has 0 radical (unpaired) electrons. The highest BCUT2D eigenvalue weighted by molar-refractivity contribution is 5.82. The number of hydrazone groups is 1. The average molecular weight is 425 g/mol. The van der Waals surface area contributed by atoms with Crippen LogP contribution in [0.4, 0.5) is 0 Å². The van der Waals surface area contributed by atoms with E-state index in [-0.39, 0.29) is 12.3 Å². The second-order valence-electron chi connectivity index (χ2n) is 6.87. The lowest BCUT2D eigenvalue weighted by Crippen LogP contribution is -2.33. The molecule has 1 amide bonds. The molecule has 32 heavy (non-hydrogen) atoms. The molecule has 0 saturated heterocycles. The summed E-state index contributed by atoms with van der Waals surface area (Å²) in [6, 6.07) is 25.0. The maximum Gasteiger partial charge on any atom is 0.365 e. The van der Waals surface area contributed by atoms with Crippen molar-refractivity contribution in [1.82, 2.24) is 20.2 Å². The number of nitrogens with zero attached hydrogens (tertiary/aromatic N) is 4. The number of aromatic nitrogens is 3. The highest BCUT2D eigenvalue weighted by atomic mass is 16.3. The number of carbonyl (C=O) groups excluding carboxylic acids is 1. The van der Waals surface area contributed by atoms with Crippen molar-refractivity contribution < 1.29 is 9.90 Å². The lowest BCUT2D eigenvalue weighted by Gasteiger charge is -2.11. The van der Waals surface area contributed by atoms with E-state index in [1.165, 1.54) is 18.3 Å². The van der Waals surface area contributed by atoms with Crippen LogP contribution in [0.3, 0.4) is 0 Å². The monoisotopic (exact) mass is 425 g/mol. The fraction of sp³-hybridized carbons (Fsp3) is 0.0417. The van der Waals surface area contributed by atoms with Crippen LogP contribution in [0.25, 0.3) is 22.5 Å². The molecule has 4 rings (SSSR count). The summed E-state index contributed by atoms with van der Waals surface area (Å²) in [5, 5.41) is 17.6. The van der Waals surface area contributed by atoms with Crippen LogP contribution < -0.4 is 11.1 Å². The molecule has 3 aromatic carbocycles. The Bertz CT molecular complexity index is 1300. The molecular formula is C24H19N5O3. The molecule has 0 spiro atoms. The molecule has 2 N–H and O–H groups in total. The molecule has 0 aliphatic rings. The summed E-state index contributed by atoms with van der Waals surface area (Å²) in [6.07, 6.45) is 1.43. The Kier molecular flexibility index (Phi) is 6.12. The quantitative estimate of drug-likeness (QED) is 0.365. The summed E-state index contributed by atoms with van der Waals surface area (Å²) in [4.78, 5) is 29.1. The summed E-state index contributed by atoms with van der Waals surface area (Å²) in [7, 11) is 0. The van der Waals surface area contributed by atoms with Gasteiger partial charge in [0.05, 0.1) is 6.21 Å². The zero-order valence-electron chi connectivity index (χ0n) is 16.9. The number of aromatic hydroxyl groups is 1. The van der Waals surface area contributed by atoms with Gasteiger partial charge in [-0.05, 0) is 29.8 Å². The predicted molar refractivity (Wildman–Crippen MR) is 121 cm³/mol. The van der Waals surface area contributed by atoms with E-state index in [4.69, 9.17) is 0 Å². The minimum atomic E-state index is -0.638. The van der Waals surface area contributed by atoms with Crippen molar-refractivity contribution in [3.05, 3.63) is 101 Å². The topological polar surface area (TPSA) is 109 Å². The molecule has 0 saturated carbocycles. The first kappa shape index (κ1) is 20.7. The maximum absolute atomic E-state index is 12.6. The Labute approximate surface area is 183 Å². The summed E-state index contributed by atoms with van der Waals surface area (Å²) >= 11 is 0. The van der Waals surface area contributed by atoms with Crippen molar-refractivity contribution in [2.24, 2.45) is 5.10 Å². The number of carbonyl (C=O) groups is 1. The number of rotatable bonds is 6. The number of phenols is 1. The number of phenolic OH excluding ortho intramolecular Hbond substituents is 1. The van der Waals surface area contributed by atoms with Crippen LogP contribution in [-0.4, -0.2) is 32.0 Å². The normalized spacial score (nSPS) is 10.9. The van der Waals surface area contributed by atoms with E-state index in [0.29, 0.717) is 17.0 Å². The van der Waals surface area contributed by atoms with Crippen LogP contribution in [0.2, 0.25) is 0 Å². The second-order valence-corrected chi connectivity index (χ2v) is 6.87. The first-order chi connectivity index (χ1) is 15.6. The van der Waals surface area contributed by atoms with Crippen LogP contribution in [-0.2, 0) is 11.3 Å². The van der Waals surface area contributed by atoms with Crippen molar-refractivity contribution in [3.8, 4) is 28.3 Å². The molecule has 1 heterocycles. The van der Waals surface area contributed by atoms with Gasteiger partial charge in [0.15, 0.2) is 0 Å². The van der Waals surface area contributed by atoms with Gasteiger partial charge in [-0.15, -0.1) is 0 Å². The zero-order valence-corrected chi connectivity index (χ0v) is 16.9. The van der Waals surface area contributed by atoms with E-state index in [1.807, 2.05) is 60.7 Å². The van der Waals surface area contributed by atoms with Crippen molar-refractivity contribution in [3.63, 3.8) is 0 Å². The average Bonchev–Trinajstić information content (AvgIpc) is 2.82. The van der Waals surface area contributed by atoms with Crippen molar-refractivity contribution >= 4 is 12.1 Å². The third-order valence-electron chi connectivity index (χ3n) is 4.56. The van der Waals surface area contributed by atoms with Crippen LogP contribution >= 0.6 is 0 Å². The number of hydrogen-bond donors (Lipinski definition) is 2. The number of benzene rings is 3. The standard InChI is InChI=1S/C24H19N5O3/c30-20-13-11-17(12-14-20)15-25-27-21(31)16-29-24(32)26-22(18-7-3-1-4-8-18)23(28-29)19-9-5-2-6-10-19/h1-15,30H,16H2,(H,27,31)/b25-15+. The molecule has 0 bridgehead atoms. The summed E-state index contributed by atoms with van der Waals surface area (Å²) in [5.74, 6) is -0.389. The molecule has 0 aliphatic heterocycles. The number of hydrogen-bond acceptors (Lipinski definition) is 6. The number of amides is 1. The first-order valence-corrected chi connectivity index (χ1v) is 9.81. The fourth-order valence-electron chi connectivity index (χ4n) is 3.02. The summed E-state index contributed by atoms with van der Waals surface area (Å²) < 4.78 is 1.01. The molecule has 8 heteroatoms. The van der Waals surface area contributed by atoms with Crippen LogP contribution in [0.1, 0.15) is 5.56 Å². The van der Waals surface area contributed by atoms with Crippen LogP contribution in [0.5, 0.6) is 5.75 Å². The van der Waals surface area contributed by atoms with E-state index in [9.17, 15) is 14.7 Å². The predicted octanol–water partition coefficient (Wildman–Crippen LogP) is 2.83. The largest absolute Gasteiger partial charge is 0.508 e. The first-order valence-electron chi connectivity index (χ1n) is 9.81. The van der Waals surface area contributed by atoms with Gasteiger partial charge in [-0.3, -0.25) is 4.79 Å². The zero-order chi connectivity index (χ0) is 22.3. The van der Waals surface area contributed by atoms with Gasteiger partial charge in [0.25, 0.3) is 5.91 Å². The third kappa shape index (κ3) is 4.93. The molecule has 1 aromatic heterocycles. The number of nitrogens with one attached hydrogen (secondary N) is 1. The fourth-order valence-corrected chi connectivity index (χ4v) is 3.02. The highest BCUT2D eigenvalue weighted by Crippen LogP contribution is 2.27. The Morgan fingerprint density at radius 2 is 1.50 bits per heavy atom. The van der Waals surface area contributed by atoms with Gasteiger partial charge in [-0.2, -0.15) is 15.2 Å². The molecule has 8 nitrogen and oxygen atoms in total. The SMILES string of the molecule is O=C(Cn1nc(-c2ccccc2)c(-c2ccccc2)nc1=O)N/N=C/c1ccc(O)cc1. The van der Waals surface area contributed by atoms with Gasteiger partial charge >= 0.3 is 5.69 Å². The van der Waals surface area contributed by atoms with Gasteiger partial charge in [0.1, 0.15) is 23.7 Å². The molecule has 0 aliphatic carbocycles. The minimum Gasteiger partial charge on any atom is -0.508 e. The van der Waals surface area contributed by atoms with E-state index in [1.54, 1.807) is 12.1 Å². The van der Waals surface area contributed by atoms with Gasteiger partial charge in [0, 0.05) is 11.1 Å². The van der Waals surface area contributed by atoms with Crippen LogP contribution in [0, 0.1) is 0 Å². The smallest absolute Gasteiger partial charge is 0.365 e. The van der Waals surface area contributed by atoms with Gasteiger partial charge < -0.3 is 5.11 Å². The lowest BCUT2D eigenvalue weighted by molar-refractivity contribution is -0.121. The Balaban J connectivity index is 1.59. The second kappa shape index (κ2) is 9.48. The summed E-state index contributed by atoms with van der Waals surface area (Å²) in [6.45, 7) is -0.340. The van der Waals surface area contributed by atoms with Crippen molar-refractivity contribution in [1.29, 1.82) is 0 Å². The maximum atomic E-state index is 12.6. The van der Waals surface area contributed by atoms with Crippen LogP contribution in [0.15, 0.2) is 94.8 Å². The van der Waals surface area contributed by atoms with Gasteiger partial charge in [-0.25, -0.2) is 14.9 Å². The van der Waals surface area contributed by atoms with Crippen molar-refractivity contribution in [2.75, 3.05) is 0 Å². The third-order valence-corrected chi connectivity index (χ3v) is 4.56. The molecule has 0 unspecified atom stereocenters. The molecule has 0 fully saturated rings. The Morgan fingerprint density at radius 1 is 0.906 bits per heavy atom. The Morgan fingerprint density at radius 3 is 2.12 bits per heavy atom. The molecule has 4 aromatic rings. The van der Waals surface area contributed by atoms with E-state index in [0.717, 1.165) is 15.8 Å². The summed E-state index contributed by atoms with van der Waals surface area (Å²) in [5.41, 5.74) is 4.90. The van der Waals surface area contributed by atoms with E-state index in [2.05, 4.69) is 20.6 Å². The van der Waals surface area contributed by atoms with Crippen molar-refractivity contribution in [2.45, 2.75) is 6.54 Å². The van der Waals surface area contributed by atoms with Gasteiger partial charge in [0.2, 0.25) is 0 Å². The molecular weight excluding hydrogens is 406 g/mol. The van der Waals surface area contributed by atoms with E-state index < -0.39 is 11.6 Å².